The maximum Gasteiger partial charge on any atom is 0.124 e. The molecule has 0 radical (unpaired) electrons. The summed E-state index contributed by atoms with van der Waals surface area (Å²) in [5.41, 5.74) is 1.14. The molecule has 1 saturated heterocycles. The molecule has 1 heterocycles. The average molecular weight is 164 g/mol. The molecule has 2 heteroatoms. The average Bonchev–Trinajstić information content (AvgIpc) is 2.51. The van der Waals surface area contributed by atoms with Gasteiger partial charge in [0, 0.05) is 18.9 Å². The smallest absolute Gasteiger partial charge is 0.124 e. The van der Waals surface area contributed by atoms with E-state index in [1.165, 1.54) is 0 Å². The Hall–Kier alpha value is -0.890. The number of fused-ring (bicyclic) bond motifs is 1. The van der Waals surface area contributed by atoms with Gasteiger partial charge < -0.3 is 9.53 Å². The summed E-state index contributed by atoms with van der Waals surface area (Å²) in [6, 6.07) is 0. The third-order valence-corrected chi connectivity index (χ3v) is 2.43. The van der Waals surface area contributed by atoms with Gasteiger partial charge in [-0.25, -0.2) is 0 Å². The number of rotatable bonds is 2. The second-order valence-electron chi connectivity index (χ2n) is 3.26. The lowest BCUT2D eigenvalue weighted by molar-refractivity contribution is -0.107. The van der Waals surface area contributed by atoms with E-state index in [0.29, 0.717) is 12.3 Å². The molecule has 0 spiro atoms. The Bertz CT molecular complexity index is 240. The van der Waals surface area contributed by atoms with Crippen molar-refractivity contribution in [2.24, 2.45) is 5.92 Å². The zero-order valence-electron chi connectivity index (χ0n) is 6.90. The summed E-state index contributed by atoms with van der Waals surface area (Å²) in [5.74, 6) is 0.518. The highest BCUT2D eigenvalue weighted by atomic mass is 16.5. The van der Waals surface area contributed by atoms with Crippen molar-refractivity contribution in [3.8, 4) is 0 Å². The molecule has 0 aromatic rings. The van der Waals surface area contributed by atoms with Gasteiger partial charge in [0.1, 0.15) is 6.29 Å². The molecule has 1 fully saturated rings. The summed E-state index contributed by atoms with van der Waals surface area (Å²) in [5, 5.41) is 0. The van der Waals surface area contributed by atoms with Crippen LogP contribution in [0.5, 0.6) is 0 Å². The number of ether oxygens (including phenoxy) is 1. The molecule has 2 rings (SSSR count). The van der Waals surface area contributed by atoms with Crippen LogP contribution in [0.15, 0.2) is 23.8 Å². The molecule has 0 aromatic carbocycles. The van der Waals surface area contributed by atoms with Gasteiger partial charge in [0.15, 0.2) is 0 Å². The predicted octanol–water partition coefficient (Wildman–Crippen LogP) is 1.48. The van der Waals surface area contributed by atoms with E-state index in [4.69, 9.17) is 4.74 Å². The number of carbonyl (C=O) groups is 1. The largest absolute Gasteiger partial charge is 0.374 e. The first-order valence-corrected chi connectivity index (χ1v) is 4.34. The summed E-state index contributed by atoms with van der Waals surface area (Å²) in [4.78, 5) is 10.3. The van der Waals surface area contributed by atoms with Crippen molar-refractivity contribution in [3.05, 3.63) is 23.8 Å². The van der Waals surface area contributed by atoms with Crippen LogP contribution in [0, 0.1) is 5.92 Å². The van der Waals surface area contributed by atoms with Crippen molar-refractivity contribution in [2.45, 2.75) is 18.9 Å². The van der Waals surface area contributed by atoms with Gasteiger partial charge in [-0.3, -0.25) is 0 Å². The first kappa shape index (κ1) is 7.74. The van der Waals surface area contributed by atoms with Crippen LogP contribution in [0.25, 0.3) is 0 Å². The fraction of sp³-hybridized carbons (Fsp3) is 0.500. The summed E-state index contributed by atoms with van der Waals surface area (Å²) in [6.07, 6.45) is 9.10. The molecule has 64 valence electrons. The monoisotopic (exact) mass is 164 g/mol. The molecule has 1 aliphatic heterocycles. The van der Waals surface area contributed by atoms with Gasteiger partial charge in [-0.2, -0.15) is 0 Å². The second-order valence-corrected chi connectivity index (χ2v) is 3.26. The van der Waals surface area contributed by atoms with Crippen LogP contribution in [-0.4, -0.2) is 19.0 Å². The van der Waals surface area contributed by atoms with Crippen molar-refractivity contribution in [1.29, 1.82) is 0 Å². The Morgan fingerprint density at radius 1 is 1.67 bits per heavy atom. The molecule has 2 aliphatic rings. The Morgan fingerprint density at radius 3 is 3.42 bits per heavy atom. The minimum atomic E-state index is 0.278. The number of hydrogen-bond donors (Lipinski definition) is 0. The summed E-state index contributed by atoms with van der Waals surface area (Å²) in [6.45, 7) is 0.852. The Labute approximate surface area is 71.9 Å². The summed E-state index contributed by atoms with van der Waals surface area (Å²) in [7, 11) is 0. The molecule has 12 heavy (non-hydrogen) atoms. The SMILES string of the molecule is O=CCC1=CC2CCOC2C=C1. The number of allylic oxidation sites excluding steroid dienone is 2. The van der Waals surface area contributed by atoms with Gasteiger partial charge in [0.05, 0.1) is 6.10 Å². The topological polar surface area (TPSA) is 26.3 Å². The van der Waals surface area contributed by atoms with E-state index >= 15 is 0 Å². The Kier molecular flexibility index (Phi) is 2.09. The first-order valence-electron chi connectivity index (χ1n) is 4.34. The molecule has 2 nitrogen and oxygen atoms in total. The fourth-order valence-electron chi connectivity index (χ4n) is 1.79. The molecule has 0 amide bonds. The molecule has 2 atom stereocenters. The van der Waals surface area contributed by atoms with E-state index in [2.05, 4.69) is 12.2 Å². The lowest BCUT2D eigenvalue weighted by Crippen LogP contribution is -2.14. The molecule has 0 saturated carbocycles. The fourth-order valence-corrected chi connectivity index (χ4v) is 1.79. The van der Waals surface area contributed by atoms with Crippen LogP contribution < -0.4 is 0 Å². The maximum absolute atomic E-state index is 10.3. The lowest BCUT2D eigenvalue weighted by atomic mass is 9.92. The van der Waals surface area contributed by atoms with Crippen LogP contribution in [0.2, 0.25) is 0 Å². The highest BCUT2D eigenvalue weighted by molar-refractivity contribution is 5.56. The van der Waals surface area contributed by atoms with Crippen LogP contribution >= 0.6 is 0 Å². The van der Waals surface area contributed by atoms with E-state index in [-0.39, 0.29) is 6.10 Å². The van der Waals surface area contributed by atoms with E-state index < -0.39 is 0 Å². The van der Waals surface area contributed by atoms with Crippen molar-refractivity contribution >= 4 is 6.29 Å². The van der Waals surface area contributed by atoms with E-state index in [1.807, 2.05) is 6.08 Å². The van der Waals surface area contributed by atoms with Gasteiger partial charge in [0.25, 0.3) is 0 Å². The zero-order valence-corrected chi connectivity index (χ0v) is 6.90. The van der Waals surface area contributed by atoms with Crippen LogP contribution in [0.1, 0.15) is 12.8 Å². The molecule has 0 N–H and O–H groups in total. The number of carbonyl (C=O) groups excluding carboxylic acids is 1. The van der Waals surface area contributed by atoms with E-state index in [1.54, 1.807) is 0 Å². The molecule has 2 unspecified atom stereocenters. The standard InChI is InChI=1S/C10H12O2/c11-5-3-8-1-2-10-9(7-8)4-6-12-10/h1-2,5,7,9-10H,3-4,6H2. The highest BCUT2D eigenvalue weighted by Crippen LogP contribution is 2.28. The Balaban J connectivity index is 2.09. The maximum atomic E-state index is 10.3. The minimum absolute atomic E-state index is 0.278. The third kappa shape index (κ3) is 1.34. The van der Waals surface area contributed by atoms with Gasteiger partial charge in [-0.15, -0.1) is 0 Å². The minimum Gasteiger partial charge on any atom is -0.374 e. The number of aldehydes is 1. The van der Waals surface area contributed by atoms with Gasteiger partial charge in [0.2, 0.25) is 0 Å². The zero-order chi connectivity index (χ0) is 8.39. The van der Waals surface area contributed by atoms with Crippen LogP contribution in [0.4, 0.5) is 0 Å². The molecule has 1 aliphatic carbocycles. The van der Waals surface area contributed by atoms with Crippen molar-refractivity contribution in [2.75, 3.05) is 6.61 Å². The van der Waals surface area contributed by atoms with Crippen molar-refractivity contribution in [1.82, 2.24) is 0 Å². The third-order valence-electron chi connectivity index (χ3n) is 2.43. The molecular weight excluding hydrogens is 152 g/mol. The Morgan fingerprint density at radius 2 is 2.58 bits per heavy atom. The highest BCUT2D eigenvalue weighted by Gasteiger charge is 2.26. The first-order chi connectivity index (χ1) is 5.90. The van der Waals surface area contributed by atoms with Crippen LogP contribution in [0.3, 0.4) is 0 Å². The van der Waals surface area contributed by atoms with Crippen molar-refractivity contribution in [3.63, 3.8) is 0 Å². The summed E-state index contributed by atoms with van der Waals surface area (Å²) < 4.78 is 5.46. The lowest BCUT2D eigenvalue weighted by Gasteiger charge is -2.16. The quantitative estimate of drug-likeness (QED) is 0.578. The normalized spacial score (nSPS) is 32.8. The molecule has 0 bridgehead atoms. The van der Waals surface area contributed by atoms with Gasteiger partial charge in [-0.05, 0) is 12.0 Å². The second kappa shape index (κ2) is 3.23. The van der Waals surface area contributed by atoms with Gasteiger partial charge >= 0.3 is 0 Å². The van der Waals surface area contributed by atoms with Crippen molar-refractivity contribution < 1.29 is 9.53 Å². The predicted molar refractivity (Wildman–Crippen MR) is 45.8 cm³/mol. The molecule has 0 aromatic heterocycles. The molecular formula is C10H12O2. The number of hydrogen-bond acceptors (Lipinski definition) is 2. The van der Waals surface area contributed by atoms with Gasteiger partial charge in [-0.1, -0.05) is 18.2 Å². The van der Waals surface area contributed by atoms with E-state index in [9.17, 15) is 4.79 Å². The van der Waals surface area contributed by atoms with E-state index in [0.717, 1.165) is 24.9 Å². The van der Waals surface area contributed by atoms with Crippen LogP contribution in [-0.2, 0) is 9.53 Å². The summed E-state index contributed by atoms with van der Waals surface area (Å²) >= 11 is 0.